The van der Waals surface area contributed by atoms with Crippen LogP contribution in [-0.2, 0) is 0 Å². The highest BCUT2D eigenvalue weighted by atomic mass is 32.2. The molecule has 0 unspecified atom stereocenters. The molecule has 0 aliphatic heterocycles. The summed E-state index contributed by atoms with van der Waals surface area (Å²) in [6.45, 7) is 1.01. The van der Waals surface area contributed by atoms with E-state index in [0.29, 0.717) is 0 Å². The van der Waals surface area contributed by atoms with Crippen molar-refractivity contribution in [3.63, 3.8) is 0 Å². The summed E-state index contributed by atoms with van der Waals surface area (Å²) in [6.07, 6.45) is 7.35. The monoisotopic (exact) mass is 310 g/mol. The molecule has 0 saturated carbocycles. The number of anilines is 1. The SMILES string of the molecule is COc1ccc2nc(NCCCCCCSC)sc2c1. The summed E-state index contributed by atoms with van der Waals surface area (Å²) in [5, 5.41) is 4.44. The molecule has 0 aliphatic rings. The van der Waals surface area contributed by atoms with Crippen molar-refractivity contribution < 1.29 is 4.74 Å². The molecule has 0 aliphatic carbocycles. The molecule has 1 aromatic carbocycles. The predicted molar refractivity (Wildman–Crippen MR) is 91.5 cm³/mol. The summed E-state index contributed by atoms with van der Waals surface area (Å²) in [4.78, 5) is 4.58. The van der Waals surface area contributed by atoms with E-state index in [1.54, 1.807) is 18.4 Å². The lowest BCUT2D eigenvalue weighted by molar-refractivity contribution is 0.415. The maximum Gasteiger partial charge on any atom is 0.183 e. The van der Waals surface area contributed by atoms with Gasteiger partial charge in [0.05, 0.1) is 17.3 Å². The van der Waals surface area contributed by atoms with Gasteiger partial charge in [0.2, 0.25) is 0 Å². The van der Waals surface area contributed by atoms with Crippen molar-refractivity contribution in [3.05, 3.63) is 18.2 Å². The topological polar surface area (TPSA) is 34.1 Å². The van der Waals surface area contributed by atoms with Crippen LogP contribution in [0.5, 0.6) is 5.75 Å². The van der Waals surface area contributed by atoms with Gasteiger partial charge in [0, 0.05) is 6.54 Å². The van der Waals surface area contributed by atoms with Crippen LogP contribution < -0.4 is 10.1 Å². The number of nitrogens with zero attached hydrogens (tertiary/aromatic N) is 1. The van der Waals surface area contributed by atoms with Crippen LogP contribution >= 0.6 is 23.1 Å². The van der Waals surface area contributed by atoms with E-state index in [0.717, 1.165) is 22.9 Å². The molecule has 0 atom stereocenters. The maximum absolute atomic E-state index is 5.23. The Labute approximate surface area is 129 Å². The Hall–Kier alpha value is -0.940. The van der Waals surface area contributed by atoms with E-state index in [1.165, 1.54) is 36.1 Å². The fourth-order valence-corrected chi connectivity index (χ4v) is 3.44. The third-order valence-electron chi connectivity index (χ3n) is 3.15. The van der Waals surface area contributed by atoms with Gasteiger partial charge in [-0.1, -0.05) is 24.2 Å². The number of rotatable bonds is 9. The van der Waals surface area contributed by atoms with Crippen LogP contribution in [0, 0.1) is 0 Å². The Kier molecular flexibility index (Phi) is 6.47. The lowest BCUT2D eigenvalue weighted by Gasteiger charge is -2.02. The summed E-state index contributed by atoms with van der Waals surface area (Å²) < 4.78 is 6.41. The van der Waals surface area contributed by atoms with E-state index in [2.05, 4.69) is 16.6 Å². The molecule has 2 rings (SSSR count). The van der Waals surface area contributed by atoms with Gasteiger partial charge in [-0.05, 0) is 43.0 Å². The molecule has 5 heteroatoms. The van der Waals surface area contributed by atoms with Crippen molar-refractivity contribution in [2.45, 2.75) is 25.7 Å². The number of benzene rings is 1. The molecule has 1 aromatic heterocycles. The minimum absolute atomic E-state index is 0.890. The smallest absolute Gasteiger partial charge is 0.183 e. The molecule has 1 N–H and O–H groups in total. The Morgan fingerprint density at radius 1 is 1.25 bits per heavy atom. The van der Waals surface area contributed by atoms with Gasteiger partial charge in [-0.25, -0.2) is 4.98 Å². The quantitative estimate of drug-likeness (QED) is 0.684. The average Bonchev–Trinajstić information content (AvgIpc) is 2.87. The number of thioether (sulfide) groups is 1. The first kappa shape index (κ1) is 15.4. The number of aromatic nitrogens is 1. The van der Waals surface area contributed by atoms with Gasteiger partial charge in [0.25, 0.3) is 0 Å². The van der Waals surface area contributed by atoms with Gasteiger partial charge >= 0.3 is 0 Å². The van der Waals surface area contributed by atoms with Gasteiger partial charge in [-0.15, -0.1) is 0 Å². The van der Waals surface area contributed by atoms with E-state index in [9.17, 15) is 0 Å². The molecule has 20 heavy (non-hydrogen) atoms. The Morgan fingerprint density at radius 3 is 2.90 bits per heavy atom. The van der Waals surface area contributed by atoms with Gasteiger partial charge < -0.3 is 10.1 Å². The Balaban J connectivity index is 1.76. The highest BCUT2D eigenvalue weighted by molar-refractivity contribution is 7.98. The molecule has 110 valence electrons. The van der Waals surface area contributed by atoms with Crippen LogP contribution in [0.15, 0.2) is 18.2 Å². The zero-order valence-corrected chi connectivity index (χ0v) is 13.8. The number of methoxy groups -OCH3 is 1. The minimum atomic E-state index is 0.890. The van der Waals surface area contributed by atoms with E-state index < -0.39 is 0 Å². The normalized spacial score (nSPS) is 10.9. The zero-order chi connectivity index (χ0) is 14.2. The molecular weight excluding hydrogens is 288 g/mol. The molecule has 0 fully saturated rings. The molecule has 0 saturated heterocycles. The molecule has 0 bridgehead atoms. The van der Waals surface area contributed by atoms with Crippen LogP contribution in [0.4, 0.5) is 5.13 Å². The second kappa shape index (κ2) is 8.37. The van der Waals surface area contributed by atoms with Crippen LogP contribution in [-0.4, -0.2) is 30.6 Å². The lowest BCUT2D eigenvalue weighted by atomic mass is 10.2. The third-order valence-corrected chi connectivity index (χ3v) is 4.82. The highest BCUT2D eigenvalue weighted by Gasteiger charge is 2.04. The average molecular weight is 310 g/mol. The second-order valence-corrected chi connectivity index (χ2v) is 6.70. The summed E-state index contributed by atoms with van der Waals surface area (Å²) in [7, 11) is 1.69. The van der Waals surface area contributed by atoms with E-state index in [4.69, 9.17) is 4.74 Å². The fraction of sp³-hybridized carbons (Fsp3) is 0.533. The lowest BCUT2D eigenvalue weighted by Crippen LogP contribution is -2.00. The first-order valence-electron chi connectivity index (χ1n) is 7.01. The largest absolute Gasteiger partial charge is 0.497 e. The van der Waals surface area contributed by atoms with Crippen molar-refractivity contribution in [1.82, 2.24) is 4.98 Å². The van der Waals surface area contributed by atoms with Gasteiger partial charge in [0.15, 0.2) is 5.13 Å². The number of hydrogen-bond donors (Lipinski definition) is 1. The molecule has 0 radical (unpaired) electrons. The molecule has 0 spiro atoms. The van der Waals surface area contributed by atoms with Crippen LogP contribution in [0.25, 0.3) is 10.2 Å². The molecule has 0 amide bonds. The maximum atomic E-state index is 5.23. The first-order valence-corrected chi connectivity index (χ1v) is 9.22. The standard InChI is InChI=1S/C15H22N2OS2/c1-18-12-7-8-13-14(11-12)20-15(17-13)16-9-5-3-4-6-10-19-2/h7-8,11H,3-6,9-10H2,1-2H3,(H,16,17). The summed E-state index contributed by atoms with van der Waals surface area (Å²) in [5.74, 6) is 2.18. The zero-order valence-electron chi connectivity index (χ0n) is 12.1. The van der Waals surface area contributed by atoms with Crippen molar-refractivity contribution in [1.29, 1.82) is 0 Å². The first-order chi connectivity index (χ1) is 9.83. The third kappa shape index (κ3) is 4.56. The minimum Gasteiger partial charge on any atom is -0.497 e. The van der Waals surface area contributed by atoms with Gasteiger partial charge in [-0.3, -0.25) is 0 Å². The van der Waals surface area contributed by atoms with Crippen molar-refractivity contribution in [3.8, 4) is 5.75 Å². The van der Waals surface area contributed by atoms with Crippen molar-refractivity contribution >= 4 is 38.4 Å². The molecular formula is C15H22N2OS2. The Bertz CT molecular complexity index is 528. The number of fused-ring (bicyclic) bond motifs is 1. The highest BCUT2D eigenvalue weighted by Crippen LogP contribution is 2.29. The number of nitrogens with one attached hydrogen (secondary N) is 1. The second-order valence-electron chi connectivity index (χ2n) is 4.69. The van der Waals surface area contributed by atoms with E-state index in [-0.39, 0.29) is 0 Å². The predicted octanol–water partition coefficient (Wildman–Crippen LogP) is 4.64. The number of ether oxygens (including phenoxy) is 1. The number of hydrogen-bond acceptors (Lipinski definition) is 5. The number of thiazole rings is 1. The molecule has 3 nitrogen and oxygen atoms in total. The van der Waals surface area contributed by atoms with Gasteiger partial charge in [-0.2, -0.15) is 11.8 Å². The fourth-order valence-electron chi connectivity index (χ4n) is 2.03. The summed E-state index contributed by atoms with van der Waals surface area (Å²) in [6, 6.07) is 6.01. The Morgan fingerprint density at radius 2 is 2.10 bits per heavy atom. The van der Waals surface area contributed by atoms with Crippen LogP contribution in [0.3, 0.4) is 0 Å². The van der Waals surface area contributed by atoms with Crippen molar-refractivity contribution in [2.75, 3.05) is 31.0 Å². The van der Waals surface area contributed by atoms with E-state index >= 15 is 0 Å². The van der Waals surface area contributed by atoms with E-state index in [1.807, 2.05) is 30.0 Å². The van der Waals surface area contributed by atoms with Crippen LogP contribution in [0.1, 0.15) is 25.7 Å². The molecule has 1 heterocycles. The molecule has 2 aromatic rings. The van der Waals surface area contributed by atoms with Crippen LogP contribution in [0.2, 0.25) is 0 Å². The summed E-state index contributed by atoms with van der Waals surface area (Å²) >= 11 is 3.63. The van der Waals surface area contributed by atoms with Gasteiger partial charge in [0.1, 0.15) is 5.75 Å². The van der Waals surface area contributed by atoms with Crippen molar-refractivity contribution in [2.24, 2.45) is 0 Å². The summed E-state index contributed by atoms with van der Waals surface area (Å²) in [5.41, 5.74) is 1.04. The number of unbranched alkanes of at least 4 members (excludes halogenated alkanes) is 3.